The first-order valence-electron chi connectivity index (χ1n) is 5.41. The first-order valence-corrected chi connectivity index (χ1v) is 5.41. The van der Waals surface area contributed by atoms with Crippen LogP contribution in [0.1, 0.15) is 26.7 Å². The molecule has 0 aromatic rings. The number of nitrogens with one attached hydrogen (secondary N) is 1. The normalized spacial score (nSPS) is 12.3. The zero-order valence-corrected chi connectivity index (χ0v) is 9.70. The minimum absolute atomic E-state index is 0.285. The topological polar surface area (TPSA) is 79.9 Å². The molecule has 0 radical (unpaired) electrons. The van der Waals surface area contributed by atoms with Crippen LogP contribution in [0.2, 0.25) is 0 Å². The van der Waals surface area contributed by atoms with E-state index in [0.717, 1.165) is 32.7 Å². The fourth-order valence-electron chi connectivity index (χ4n) is 1.03. The highest BCUT2D eigenvalue weighted by Crippen LogP contribution is 1.91. The molecule has 0 heterocycles. The first-order chi connectivity index (χ1) is 7.16. The van der Waals surface area contributed by atoms with Crippen molar-refractivity contribution in [1.82, 2.24) is 5.32 Å². The Kier molecular flexibility index (Phi) is 9.21. The molecule has 90 valence electrons. The lowest BCUT2D eigenvalue weighted by Gasteiger charge is -2.07. The maximum Gasteiger partial charge on any atom is 0.139 e. The Hall–Kier alpha value is -0.810. The summed E-state index contributed by atoms with van der Waals surface area (Å²) in [6.07, 6.45) is 1.50. The summed E-state index contributed by atoms with van der Waals surface area (Å²) >= 11 is 0. The van der Waals surface area contributed by atoms with Gasteiger partial charge in [0.25, 0.3) is 0 Å². The van der Waals surface area contributed by atoms with Gasteiger partial charge in [0.1, 0.15) is 5.84 Å². The molecule has 0 aromatic heterocycles. The predicted molar refractivity (Wildman–Crippen MR) is 61.2 cm³/mol. The van der Waals surface area contributed by atoms with Gasteiger partial charge in [-0.15, -0.1) is 0 Å². The van der Waals surface area contributed by atoms with Gasteiger partial charge in [0.2, 0.25) is 0 Å². The first kappa shape index (κ1) is 14.2. The van der Waals surface area contributed by atoms with Crippen molar-refractivity contribution in [2.45, 2.75) is 26.7 Å². The summed E-state index contributed by atoms with van der Waals surface area (Å²) < 4.78 is 5.39. The molecule has 0 spiro atoms. The lowest BCUT2D eigenvalue weighted by Crippen LogP contribution is -2.23. The fraction of sp³-hybridized carbons (Fsp3) is 0.900. The van der Waals surface area contributed by atoms with Crippen LogP contribution in [0.25, 0.3) is 0 Å². The molecule has 0 rings (SSSR count). The van der Waals surface area contributed by atoms with Gasteiger partial charge >= 0.3 is 0 Å². The van der Waals surface area contributed by atoms with Crippen LogP contribution in [0.4, 0.5) is 0 Å². The minimum atomic E-state index is 0.285. The number of nitrogens with two attached hydrogens (primary N) is 1. The van der Waals surface area contributed by atoms with Crippen molar-refractivity contribution >= 4 is 5.84 Å². The second-order valence-electron chi connectivity index (χ2n) is 3.91. The highest BCUT2D eigenvalue weighted by atomic mass is 16.5. The maximum absolute atomic E-state index is 8.28. The molecule has 0 aliphatic rings. The van der Waals surface area contributed by atoms with Crippen molar-refractivity contribution in [3.05, 3.63) is 0 Å². The zero-order valence-electron chi connectivity index (χ0n) is 9.70. The standard InChI is InChI=1S/C10H23N3O2/c1-9(2)8-15-7-6-12-5-3-4-10(11)13-14/h9,12,14H,3-8H2,1-2H3,(H2,11,13). The monoisotopic (exact) mass is 217 g/mol. The number of oxime groups is 1. The molecule has 0 saturated heterocycles. The highest BCUT2D eigenvalue weighted by Gasteiger charge is 1.95. The van der Waals surface area contributed by atoms with Gasteiger partial charge < -0.3 is 21.0 Å². The Morgan fingerprint density at radius 2 is 2.20 bits per heavy atom. The maximum atomic E-state index is 8.28. The van der Waals surface area contributed by atoms with E-state index in [1.54, 1.807) is 0 Å². The Balaban J connectivity index is 3.05. The van der Waals surface area contributed by atoms with Crippen LogP contribution in [0.3, 0.4) is 0 Å². The molecule has 0 bridgehead atoms. The molecule has 0 saturated carbocycles. The van der Waals surface area contributed by atoms with Gasteiger partial charge in [0.05, 0.1) is 6.61 Å². The number of nitrogens with zero attached hydrogens (tertiary/aromatic N) is 1. The summed E-state index contributed by atoms with van der Waals surface area (Å²) in [4.78, 5) is 0. The summed E-state index contributed by atoms with van der Waals surface area (Å²) in [7, 11) is 0. The van der Waals surface area contributed by atoms with E-state index in [-0.39, 0.29) is 5.84 Å². The van der Waals surface area contributed by atoms with Gasteiger partial charge in [-0.05, 0) is 18.9 Å². The second-order valence-corrected chi connectivity index (χ2v) is 3.91. The fourth-order valence-corrected chi connectivity index (χ4v) is 1.03. The molecule has 15 heavy (non-hydrogen) atoms. The van der Waals surface area contributed by atoms with Gasteiger partial charge in [-0.3, -0.25) is 0 Å². The summed E-state index contributed by atoms with van der Waals surface area (Å²) in [6, 6.07) is 0. The number of ether oxygens (including phenoxy) is 1. The lowest BCUT2D eigenvalue weighted by molar-refractivity contribution is 0.112. The van der Waals surface area contributed by atoms with Crippen LogP contribution in [0, 0.1) is 5.92 Å². The molecule has 0 atom stereocenters. The van der Waals surface area contributed by atoms with Crippen molar-refractivity contribution in [3.8, 4) is 0 Å². The van der Waals surface area contributed by atoms with E-state index < -0.39 is 0 Å². The van der Waals surface area contributed by atoms with E-state index in [1.165, 1.54) is 0 Å². The van der Waals surface area contributed by atoms with Gasteiger partial charge in [-0.2, -0.15) is 0 Å². The second kappa shape index (κ2) is 9.73. The van der Waals surface area contributed by atoms with Gasteiger partial charge in [-0.1, -0.05) is 19.0 Å². The minimum Gasteiger partial charge on any atom is -0.409 e. The van der Waals surface area contributed by atoms with E-state index >= 15 is 0 Å². The van der Waals surface area contributed by atoms with Crippen molar-refractivity contribution in [2.75, 3.05) is 26.3 Å². The molecule has 4 N–H and O–H groups in total. The van der Waals surface area contributed by atoms with E-state index in [4.69, 9.17) is 15.7 Å². The Morgan fingerprint density at radius 1 is 1.47 bits per heavy atom. The smallest absolute Gasteiger partial charge is 0.139 e. The average molecular weight is 217 g/mol. The van der Waals surface area contributed by atoms with Crippen LogP contribution in [0.15, 0.2) is 5.16 Å². The number of amidine groups is 1. The van der Waals surface area contributed by atoms with Crippen molar-refractivity contribution < 1.29 is 9.94 Å². The van der Waals surface area contributed by atoms with E-state index in [0.29, 0.717) is 12.3 Å². The zero-order chi connectivity index (χ0) is 11.5. The van der Waals surface area contributed by atoms with E-state index in [1.807, 2.05) is 0 Å². The molecule has 5 heteroatoms. The molecule has 0 fully saturated rings. The molecule has 0 amide bonds. The van der Waals surface area contributed by atoms with Crippen LogP contribution >= 0.6 is 0 Å². The van der Waals surface area contributed by atoms with Gasteiger partial charge in [0, 0.05) is 19.6 Å². The predicted octanol–water partition coefficient (Wildman–Crippen LogP) is 0.775. The quantitative estimate of drug-likeness (QED) is 0.175. The number of hydrogen-bond acceptors (Lipinski definition) is 4. The van der Waals surface area contributed by atoms with Gasteiger partial charge in [0.15, 0.2) is 0 Å². The Labute approximate surface area is 91.7 Å². The van der Waals surface area contributed by atoms with Crippen LogP contribution < -0.4 is 11.1 Å². The van der Waals surface area contributed by atoms with Crippen LogP contribution in [-0.4, -0.2) is 37.3 Å². The van der Waals surface area contributed by atoms with E-state index in [2.05, 4.69) is 24.3 Å². The third-order valence-corrected chi connectivity index (χ3v) is 1.79. The SMILES string of the molecule is CC(C)COCCNCCCC(N)=NO. The Morgan fingerprint density at radius 3 is 2.80 bits per heavy atom. The van der Waals surface area contributed by atoms with Gasteiger partial charge in [-0.25, -0.2) is 0 Å². The summed E-state index contributed by atoms with van der Waals surface area (Å²) in [5.74, 6) is 0.874. The van der Waals surface area contributed by atoms with Crippen molar-refractivity contribution in [3.63, 3.8) is 0 Å². The summed E-state index contributed by atoms with van der Waals surface area (Å²) in [5.41, 5.74) is 5.32. The largest absolute Gasteiger partial charge is 0.409 e. The molecule has 0 unspecified atom stereocenters. The molecule has 0 aliphatic heterocycles. The highest BCUT2D eigenvalue weighted by molar-refractivity contribution is 5.79. The van der Waals surface area contributed by atoms with E-state index in [9.17, 15) is 0 Å². The van der Waals surface area contributed by atoms with Crippen LogP contribution in [0.5, 0.6) is 0 Å². The Bertz CT molecular complexity index is 172. The third kappa shape index (κ3) is 11.1. The lowest BCUT2D eigenvalue weighted by atomic mass is 10.2. The number of hydrogen-bond donors (Lipinski definition) is 3. The molecule has 0 aromatic carbocycles. The summed E-state index contributed by atoms with van der Waals surface area (Å²) in [6.45, 7) is 7.52. The summed E-state index contributed by atoms with van der Waals surface area (Å²) in [5, 5.41) is 14.4. The number of rotatable bonds is 9. The molecule has 5 nitrogen and oxygen atoms in total. The van der Waals surface area contributed by atoms with Crippen molar-refractivity contribution in [1.29, 1.82) is 0 Å². The van der Waals surface area contributed by atoms with Crippen LogP contribution in [-0.2, 0) is 4.74 Å². The average Bonchev–Trinajstić information content (AvgIpc) is 2.21. The van der Waals surface area contributed by atoms with Crippen molar-refractivity contribution in [2.24, 2.45) is 16.8 Å². The molecular formula is C10H23N3O2. The molecule has 0 aliphatic carbocycles. The molecular weight excluding hydrogens is 194 g/mol. The third-order valence-electron chi connectivity index (χ3n) is 1.79.